The molecule has 0 fully saturated rings. The third-order valence-electron chi connectivity index (χ3n) is 18.8. The van der Waals surface area contributed by atoms with Gasteiger partial charge in [-0.05, 0) is 51.4 Å². The van der Waals surface area contributed by atoms with E-state index >= 15 is 0 Å². The maximum Gasteiger partial charge on any atom is 0.305 e. The average molecular weight is 1200 g/mol. The summed E-state index contributed by atoms with van der Waals surface area (Å²) in [5.74, 6) is -0.00957. The molecule has 0 heterocycles. The van der Waals surface area contributed by atoms with E-state index in [0.29, 0.717) is 25.9 Å². The van der Waals surface area contributed by atoms with Crippen LogP contribution in [0.4, 0.5) is 0 Å². The predicted molar refractivity (Wildman–Crippen MR) is 375 cm³/mol. The molecule has 0 bridgehead atoms. The van der Waals surface area contributed by atoms with E-state index in [0.717, 1.165) is 38.5 Å². The lowest BCUT2D eigenvalue weighted by Crippen LogP contribution is -2.45. The van der Waals surface area contributed by atoms with Gasteiger partial charge in [-0.15, -0.1) is 0 Å². The van der Waals surface area contributed by atoms with Gasteiger partial charge in [-0.25, -0.2) is 0 Å². The summed E-state index contributed by atoms with van der Waals surface area (Å²) in [7, 11) is 0. The Bertz CT molecular complexity index is 1290. The highest BCUT2D eigenvalue weighted by Crippen LogP contribution is 2.20. The van der Waals surface area contributed by atoms with Gasteiger partial charge < -0.3 is 20.3 Å². The first-order chi connectivity index (χ1) is 42.0. The van der Waals surface area contributed by atoms with Crippen molar-refractivity contribution in [1.29, 1.82) is 0 Å². The summed E-state index contributed by atoms with van der Waals surface area (Å²) >= 11 is 0. The molecule has 0 radical (unpaired) electrons. The number of rotatable bonds is 75. The zero-order chi connectivity index (χ0) is 61.3. The number of aliphatic hydroxyl groups excluding tert-OH is 2. The molecular formula is C79H155NO5. The minimum atomic E-state index is -0.666. The number of carbonyl (C=O) groups is 2. The summed E-state index contributed by atoms with van der Waals surface area (Å²) in [6.07, 6.45) is 94.4. The van der Waals surface area contributed by atoms with Crippen LogP contribution in [0.3, 0.4) is 0 Å². The lowest BCUT2D eigenvalue weighted by Gasteiger charge is -2.22. The van der Waals surface area contributed by atoms with Gasteiger partial charge in [0.25, 0.3) is 0 Å². The maximum absolute atomic E-state index is 12.6. The molecule has 0 aromatic heterocycles. The number of hydrogen-bond donors (Lipinski definition) is 3. The number of allylic oxidation sites excluding steroid dienone is 2. The fourth-order valence-corrected chi connectivity index (χ4v) is 12.8. The van der Waals surface area contributed by atoms with E-state index in [4.69, 9.17) is 4.74 Å². The minimum absolute atomic E-state index is 0.0201. The normalized spacial score (nSPS) is 12.5. The number of amides is 1. The number of nitrogens with one attached hydrogen (secondary N) is 1. The van der Waals surface area contributed by atoms with Crippen molar-refractivity contribution in [3.8, 4) is 0 Å². The monoisotopic (exact) mass is 1200 g/mol. The van der Waals surface area contributed by atoms with Gasteiger partial charge in [0.2, 0.25) is 5.91 Å². The van der Waals surface area contributed by atoms with Crippen molar-refractivity contribution < 1.29 is 24.5 Å². The van der Waals surface area contributed by atoms with Crippen molar-refractivity contribution in [1.82, 2.24) is 5.32 Å². The molecule has 6 nitrogen and oxygen atoms in total. The summed E-state index contributed by atoms with van der Waals surface area (Å²) in [4.78, 5) is 24.7. The highest BCUT2D eigenvalue weighted by molar-refractivity contribution is 5.76. The Morgan fingerprint density at radius 3 is 0.835 bits per heavy atom. The fourth-order valence-electron chi connectivity index (χ4n) is 12.8. The van der Waals surface area contributed by atoms with Gasteiger partial charge in [0, 0.05) is 12.8 Å². The molecule has 0 aliphatic rings. The number of ether oxygens (including phenoxy) is 1. The molecule has 6 heteroatoms. The van der Waals surface area contributed by atoms with E-state index in [1.54, 1.807) is 0 Å². The van der Waals surface area contributed by atoms with Crippen molar-refractivity contribution in [2.45, 2.75) is 469 Å². The van der Waals surface area contributed by atoms with Crippen LogP contribution in [-0.4, -0.2) is 47.4 Å². The molecular weight excluding hydrogens is 1040 g/mol. The second-order valence-electron chi connectivity index (χ2n) is 27.4. The lowest BCUT2D eigenvalue weighted by atomic mass is 10.0. The summed E-state index contributed by atoms with van der Waals surface area (Å²) in [5.41, 5.74) is 0. The Balaban J connectivity index is 3.37. The second kappa shape index (κ2) is 75.1. The number of carbonyl (C=O) groups excluding carboxylic acids is 2. The van der Waals surface area contributed by atoms with Gasteiger partial charge >= 0.3 is 5.97 Å². The summed E-state index contributed by atoms with van der Waals surface area (Å²) in [6, 6.07) is -0.543. The fraction of sp³-hybridized carbons (Fsp3) is 0.949. The summed E-state index contributed by atoms with van der Waals surface area (Å²) in [5, 5.41) is 23.5. The Morgan fingerprint density at radius 2 is 0.553 bits per heavy atom. The van der Waals surface area contributed by atoms with Gasteiger partial charge in [-0.3, -0.25) is 9.59 Å². The molecule has 2 atom stereocenters. The Kier molecular flexibility index (Phi) is 73.8. The van der Waals surface area contributed by atoms with Crippen molar-refractivity contribution >= 4 is 11.9 Å². The number of hydrogen-bond acceptors (Lipinski definition) is 5. The van der Waals surface area contributed by atoms with Gasteiger partial charge in [0.05, 0.1) is 25.4 Å². The number of esters is 1. The van der Waals surface area contributed by atoms with Crippen LogP contribution in [0.1, 0.15) is 457 Å². The topological polar surface area (TPSA) is 95.9 Å². The molecule has 506 valence electrons. The van der Waals surface area contributed by atoms with Crippen LogP contribution in [-0.2, 0) is 14.3 Å². The highest BCUT2D eigenvalue weighted by Gasteiger charge is 2.20. The Hall–Kier alpha value is -1.40. The third kappa shape index (κ3) is 71.6. The van der Waals surface area contributed by atoms with Crippen LogP contribution < -0.4 is 5.32 Å². The van der Waals surface area contributed by atoms with Crippen LogP contribution in [0.2, 0.25) is 0 Å². The quantitative estimate of drug-likeness (QED) is 0.0320. The SMILES string of the molecule is CCCCCCCCCCCCCCCCCCCCCCCCCCCC(O)C(CO)NC(=O)CCCCCCCCCCCCC/C=C\CCCCCCCCCCCCCCOC(=O)CCCCCCCCCCCCCCCCCC. The molecule has 2 unspecified atom stereocenters. The van der Waals surface area contributed by atoms with E-state index in [1.165, 1.54) is 385 Å². The molecule has 0 saturated heterocycles. The molecule has 0 rings (SSSR count). The van der Waals surface area contributed by atoms with Gasteiger partial charge in [-0.2, -0.15) is 0 Å². The van der Waals surface area contributed by atoms with Crippen LogP contribution in [0.5, 0.6) is 0 Å². The van der Waals surface area contributed by atoms with E-state index in [9.17, 15) is 19.8 Å². The van der Waals surface area contributed by atoms with Crippen LogP contribution in [0.15, 0.2) is 12.2 Å². The van der Waals surface area contributed by atoms with Crippen molar-refractivity contribution in [3.63, 3.8) is 0 Å². The summed E-state index contributed by atoms with van der Waals surface area (Å²) in [6.45, 7) is 5.01. The molecule has 0 aromatic rings. The zero-order valence-corrected chi connectivity index (χ0v) is 58.1. The van der Waals surface area contributed by atoms with Crippen molar-refractivity contribution in [2.75, 3.05) is 13.2 Å². The maximum atomic E-state index is 12.6. The standard InChI is InChI=1S/C79H155NO5/c1-3-5-7-9-11-13-15-17-19-21-22-23-24-28-31-34-37-40-43-47-51-55-59-63-67-71-77(82)76(75-81)80-78(83)72-68-64-60-56-52-48-44-41-38-35-32-29-26-25-27-30-33-36-39-42-46-50-54-58-62-66-70-74-85-79(84)73-69-65-61-57-53-49-45-20-18-16-14-12-10-8-6-4-2/h25-26,76-77,81-82H,3-24,27-75H2,1-2H3,(H,80,83)/b26-25-. The highest BCUT2D eigenvalue weighted by atomic mass is 16.5. The van der Waals surface area contributed by atoms with Gasteiger partial charge in [0.15, 0.2) is 0 Å². The van der Waals surface area contributed by atoms with E-state index < -0.39 is 12.1 Å². The van der Waals surface area contributed by atoms with E-state index in [2.05, 4.69) is 31.3 Å². The Labute approximate surface area is 533 Å². The molecule has 0 aromatic carbocycles. The van der Waals surface area contributed by atoms with Crippen molar-refractivity contribution in [2.24, 2.45) is 0 Å². The van der Waals surface area contributed by atoms with Crippen molar-refractivity contribution in [3.05, 3.63) is 12.2 Å². The smallest absolute Gasteiger partial charge is 0.305 e. The van der Waals surface area contributed by atoms with Crippen LogP contribution >= 0.6 is 0 Å². The number of aliphatic hydroxyl groups is 2. The first-order valence-corrected chi connectivity index (χ1v) is 39.4. The second-order valence-corrected chi connectivity index (χ2v) is 27.4. The third-order valence-corrected chi connectivity index (χ3v) is 18.8. The predicted octanol–water partition coefficient (Wildman–Crippen LogP) is 25.9. The van der Waals surface area contributed by atoms with Gasteiger partial charge in [-0.1, -0.05) is 405 Å². The van der Waals surface area contributed by atoms with E-state index in [1.807, 2.05) is 0 Å². The van der Waals surface area contributed by atoms with Crippen LogP contribution in [0, 0.1) is 0 Å². The minimum Gasteiger partial charge on any atom is -0.466 e. The molecule has 0 aliphatic carbocycles. The number of unbranched alkanes of at least 4 members (excludes halogenated alkanes) is 62. The first-order valence-electron chi connectivity index (χ1n) is 39.4. The molecule has 3 N–H and O–H groups in total. The first kappa shape index (κ1) is 83.6. The van der Waals surface area contributed by atoms with E-state index in [-0.39, 0.29) is 18.5 Å². The lowest BCUT2D eigenvalue weighted by molar-refractivity contribution is -0.143. The molecule has 1 amide bonds. The average Bonchev–Trinajstić information content (AvgIpc) is 3.50. The largest absolute Gasteiger partial charge is 0.466 e. The molecule has 0 saturated carbocycles. The summed E-state index contributed by atoms with van der Waals surface area (Å²) < 4.78 is 5.51. The molecule has 85 heavy (non-hydrogen) atoms. The zero-order valence-electron chi connectivity index (χ0n) is 58.1. The molecule has 0 spiro atoms. The van der Waals surface area contributed by atoms with Crippen LogP contribution in [0.25, 0.3) is 0 Å². The molecule has 0 aliphatic heterocycles. The Morgan fingerprint density at radius 1 is 0.318 bits per heavy atom. The van der Waals surface area contributed by atoms with Gasteiger partial charge in [0.1, 0.15) is 0 Å².